The number of anilines is 1. The third-order valence-corrected chi connectivity index (χ3v) is 3.48. The fourth-order valence-corrected chi connectivity index (χ4v) is 2.30. The Labute approximate surface area is 142 Å². The number of nitrogens with one attached hydrogen (secondary N) is 1. The Balaban J connectivity index is 1.37. The van der Waals surface area contributed by atoms with Gasteiger partial charge in [0.05, 0.1) is 0 Å². The van der Waals surface area contributed by atoms with Crippen LogP contribution >= 0.6 is 0 Å². The highest BCUT2D eigenvalue weighted by atomic mass is 16.7. The average molecular weight is 342 g/mol. The monoisotopic (exact) mass is 342 g/mol. The van der Waals surface area contributed by atoms with Gasteiger partial charge in [-0.15, -0.1) is 0 Å². The summed E-state index contributed by atoms with van der Waals surface area (Å²) < 4.78 is 26.6. The number of benzene rings is 1. The minimum absolute atomic E-state index is 0.157. The lowest BCUT2D eigenvalue weighted by atomic mass is 10.3. The van der Waals surface area contributed by atoms with E-state index in [0.29, 0.717) is 34.6 Å². The summed E-state index contributed by atoms with van der Waals surface area (Å²) in [4.78, 5) is 12.1. The molecule has 4 rings (SSSR count). The summed E-state index contributed by atoms with van der Waals surface area (Å²) >= 11 is 0. The van der Waals surface area contributed by atoms with Crippen molar-refractivity contribution in [3.8, 4) is 17.2 Å². The van der Waals surface area contributed by atoms with E-state index in [2.05, 4.69) is 10.5 Å². The number of furan rings is 1. The van der Waals surface area contributed by atoms with Crippen LogP contribution in [0, 0.1) is 6.92 Å². The zero-order chi connectivity index (χ0) is 17.2. The van der Waals surface area contributed by atoms with Crippen molar-refractivity contribution in [2.45, 2.75) is 13.5 Å². The molecule has 1 aliphatic rings. The van der Waals surface area contributed by atoms with E-state index in [1.807, 2.05) is 0 Å². The standard InChI is InChI=1S/C17H14N2O6/c1-10-6-16(19-25-10)18-17(20)14-5-3-12(24-14)8-21-11-2-4-13-15(7-11)23-9-22-13/h2-7H,8-9H2,1H3,(H,18,19,20). The molecule has 0 radical (unpaired) electrons. The van der Waals surface area contributed by atoms with Gasteiger partial charge in [0, 0.05) is 12.1 Å². The minimum atomic E-state index is -0.414. The van der Waals surface area contributed by atoms with Crippen molar-refractivity contribution in [2.24, 2.45) is 0 Å². The Morgan fingerprint density at radius 3 is 2.92 bits per heavy atom. The van der Waals surface area contributed by atoms with E-state index in [0.717, 1.165) is 0 Å². The van der Waals surface area contributed by atoms with Crippen molar-refractivity contribution in [1.29, 1.82) is 0 Å². The number of fused-ring (bicyclic) bond motifs is 1. The number of carbonyl (C=O) groups excluding carboxylic acids is 1. The number of aryl methyl sites for hydroxylation is 1. The molecule has 0 bridgehead atoms. The van der Waals surface area contributed by atoms with Crippen LogP contribution in [-0.4, -0.2) is 17.9 Å². The summed E-state index contributed by atoms with van der Waals surface area (Å²) in [5, 5.41) is 6.28. The fourth-order valence-electron chi connectivity index (χ4n) is 2.30. The first-order chi connectivity index (χ1) is 12.2. The Kier molecular flexibility index (Phi) is 3.77. The van der Waals surface area contributed by atoms with Crippen molar-refractivity contribution in [2.75, 3.05) is 12.1 Å². The molecule has 8 heteroatoms. The zero-order valence-corrected chi connectivity index (χ0v) is 13.3. The van der Waals surface area contributed by atoms with Gasteiger partial charge in [0.1, 0.15) is 23.9 Å². The third-order valence-electron chi connectivity index (χ3n) is 3.48. The van der Waals surface area contributed by atoms with Crippen LogP contribution in [0.5, 0.6) is 17.2 Å². The third kappa shape index (κ3) is 3.27. The minimum Gasteiger partial charge on any atom is -0.486 e. The molecule has 1 N–H and O–H groups in total. The number of aromatic nitrogens is 1. The van der Waals surface area contributed by atoms with Crippen molar-refractivity contribution in [3.63, 3.8) is 0 Å². The zero-order valence-electron chi connectivity index (χ0n) is 13.3. The predicted molar refractivity (Wildman–Crippen MR) is 84.8 cm³/mol. The Morgan fingerprint density at radius 1 is 1.20 bits per heavy atom. The second kappa shape index (κ2) is 6.23. The van der Waals surface area contributed by atoms with Gasteiger partial charge < -0.3 is 28.5 Å². The largest absolute Gasteiger partial charge is 0.486 e. The summed E-state index contributed by atoms with van der Waals surface area (Å²) in [6.45, 7) is 2.12. The number of amides is 1. The highest BCUT2D eigenvalue weighted by Gasteiger charge is 2.15. The van der Waals surface area contributed by atoms with E-state index >= 15 is 0 Å². The van der Waals surface area contributed by atoms with Gasteiger partial charge in [-0.3, -0.25) is 4.79 Å². The van der Waals surface area contributed by atoms with Crippen LogP contribution in [0.15, 0.2) is 45.3 Å². The molecule has 1 aliphatic heterocycles. The quantitative estimate of drug-likeness (QED) is 0.761. The van der Waals surface area contributed by atoms with Gasteiger partial charge in [0.15, 0.2) is 23.1 Å². The maximum atomic E-state index is 12.1. The molecule has 8 nitrogen and oxygen atoms in total. The highest BCUT2D eigenvalue weighted by molar-refractivity contribution is 6.01. The molecule has 0 aliphatic carbocycles. The van der Waals surface area contributed by atoms with E-state index in [1.165, 1.54) is 0 Å². The van der Waals surface area contributed by atoms with Gasteiger partial charge in [-0.25, -0.2) is 0 Å². The number of hydrogen-bond acceptors (Lipinski definition) is 7. The van der Waals surface area contributed by atoms with E-state index in [4.69, 9.17) is 23.2 Å². The van der Waals surface area contributed by atoms with Crippen molar-refractivity contribution < 1.29 is 27.9 Å². The average Bonchev–Trinajstić information content (AvgIpc) is 3.33. The maximum absolute atomic E-state index is 12.1. The van der Waals surface area contributed by atoms with E-state index in [1.54, 1.807) is 43.3 Å². The number of nitrogens with zero attached hydrogens (tertiary/aromatic N) is 1. The van der Waals surface area contributed by atoms with Crippen LogP contribution in [0.1, 0.15) is 22.1 Å². The molecule has 25 heavy (non-hydrogen) atoms. The summed E-state index contributed by atoms with van der Waals surface area (Å²) in [7, 11) is 0. The molecule has 3 aromatic rings. The molecule has 0 atom stereocenters. The molecular formula is C17H14N2O6. The predicted octanol–water partition coefficient (Wildman–Crippen LogP) is 3.14. The number of rotatable bonds is 5. The first kappa shape index (κ1) is 15.1. The highest BCUT2D eigenvalue weighted by Crippen LogP contribution is 2.35. The molecule has 1 amide bonds. The Hall–Kier alpha value is -3.42. The molecule has 1 aromatic carbocycles. The van der Waals surface area contributed by atoms with Crippen molar-refractivity contribution in [3.05, 3.63) is 53.7 Å². The van der Waals surface area contributed by atoms with Crippen molar-refractivity contribution >= 4 is 11.7 Å². The summed E-state index contributed by atoms with van der Waals surface area (Å²) in [6, 6.07) is 10.2. The van der Waals surface area contributed by atoms with E-state index < -0.39 is 5.91 Å². The lowest BCUT2D eigenvalue weighted by Crippen LogP contribution is -2.11. The van der Waals surface area contributed by atoms with Gasteiger partial charge in [0.2, 0.25) is 6.79 Å². The Morgan fingerprint density at radius 2 is 2.08 bits per heavy atom. The molecular weight excluding hydrogens is 328 g/mol. The number of carbonyl (C=O) groups is 1. The van der Waals surface area contributed by atoms with Crippen molar-refractivity contribution in [1.82, 2.24) is 5.16 Å². The first-order valence-electron chi connectivity index (χ1n) is 7.53. The van der Waals surface area contributed by atoms with E-state index in [9.17, 15) is 4.79 Å². The van der Waals surface area contributed by atoms with Crippen LogP contribution in [0.25, 0.3) is 0 Å². The van der Waals surface area contributed by atoms with Crippen LogP contribution in [0.2, 0.25) is 0 Å². The Bertz CT molecular complexity index is 914. The van der Waals surface area contributed by atoms with Gasteiger partial charge in [-0.2, -0.15) is 0 Å². The topological polar surface area (TPSA) is 96.0 Å². The number of ether oxygens (including phenoxy) is 3. The lowest BCUT2D eigenvalue weighted by molar-refractivity contribution is 0.0991. The smallest absolute Gasteiger partial charge is 0.292 e. The summed E-state index contributed by atoms with van der Waals surface area (Å²) in [5.74, 6) is 3.13. The van der Waals surface area contributed by atoms with Crippen LogP contribution < -0.4 is 19.5 Å². The molecule has 0 saturated heterocycles. The second-order valence-electron chi connectivity index (χ2n) is 5.35. The van der Waals surface area contributed by atoms with Crippen LogP contribution in [0.4, 0.5) is 5.82 Å². The van der Waals surface area contributed by atoms with Gasteiger partial charge in [-0.05, 0) is 31.2 Å². The molecule has 3 heterocycles. The number of hydrogen-bond donors (Lipinski definition) is 1. The first-order valence-corrected chi connectivity index (χ1v) is 7.53. The fraction of sp³-hybridized carbons (Fsp3) is 0.176. The van der Waals surface area contributed by atoms with Gasteiger partial charge in [-0.1, -0.05) is 5.16 Å². The molecule has 0 saturated carbocycles. The summed E-state index contributed by atoms with van der Waals surface area (Å²) in [6.07, 6.45) is 0. The molecule has 0 fully saturated rings. The second-order valence-corrected chi connectivity index (χ2v) is 5.35. The molecule has 128 valence electrons. The van der Waals surface area contributed by atoms with Gasteiger partial charge in [0.25, 0.3) is 5.91 Å². The van der Waals surface area contributed by atoms with Crippen LogP contribution in [-0.2, 0) is 6.61 Å². The van der Waals surface area contributed by atoms with Crippen LogP contribution in [0.3, 0.4) is 0 Å². The SMILES string of the molecule is Cc1cc(NC(=O)c2ccc(COc3ccc4c(c3)OCO4)o2)no1. The maximum Gasteiger partial charge on any atom is 0.292 e. The molecule has 0 spiro atoms. The normalized spacial score (nSPS) is 12.2. The summed E-state index contributed by atoms with van der Waals surface area (Å²) in [5.41, 5.74) is 0. The molecule has 0 unspecified atom stereocenters. The van der Waals surface area contributed by atoms with Gasteiger partial charge >= 0.3 is 0 Å². The lowest BCUT2D eigenvalue weighted by Gasteiger charge is -2.05. The molecule has 2 aromatic heterocycles. The van der Waals surface area contributed by atoms with E-state index in [-0.39, 0.29) is 19.2 Å².